The number of guanidine groups is 1. The molecule has 2 aromatic rings. The van der Waals surface area contributed by atoms with Crippen LogP contribution in [0.4, 0.5) is 8.78 Å². The summed E-state index contributed by atoms with van der Waals surface area (Å²) in [6.07, 6.45) is 0.697. The standard InChI is InChI=1S/C19H23ClF2N4O3.HI/c1-2-23-19(25-10-11-28-17-15(20)4-3-9-24-17)26-12-16(27)13-5-7-14(8-6-13)29-18(21)22;/h3-9,16,18,27H,2,10-12H2,1H3,(H2,23,25,26);1H. The summed E-state index contributed by atoms with van der Waals surface area (Å²) in [7, 11) is 0. The first kappa shape index (κ1) is 26.1. The van der Waals surface area contributed by atoms with Gasteiger partial charge in [0.2, 0.25) is 5.88 Å². The molecular weight excluding hydrogens is 533 g/mol. The van der Waals surface area contributed by atoms with E-state index in [0.717, 1.165) is 0 Å². The molecule has 0 bridgehead atoms. The average molecular weight is 557 g/mol. The highest BCUT2D eigenvalue weighted by Crippen LogP contribution is 2.20. The monoisotopic (exact) mass is 556 g/mol. The van der Waals surface area contributed by atoms with Crippen LogP contribution in [0.5, 0.6) is 11.6 Å². The summed E-state index contributed by atoms with van der Waals surface area (Å²) in [5.41, 5.74) is 0.541. The molecule has 3 N–H and O–H groups in total. The maximum Gasteiger partial charge on any atom is 0.387 e. The summed E-state index contributed by atoms with van der Waals surface area (Å²) in [6.45, 7) is 0.497. The summed E-state index contributed by atoms with van der Waals surface area (Å²) in [4.78, 5) is 8.35. The van der Waals surface area contributed by atoms with E-state index < -0.39 is 12.7 Å². The van der Waals surface area contributed by atoms with Crippen LogP contribution in [0.1, 0.15) is 18.6 Å². The minimum absolute atomic E-state index is 0. The Morgan fingerprint density at radius 3 is 2.60 bits per heavy atom. The minimum atomic E-state index is -2.89. The number of rotatable bonds is 10. The van der Waals surface area contributed by atoms with E-state index in [4.69, 9.17) is 16.3 Å². The fraction of sp³-hybridized carbons (Fsp3) is 0.368. The van der Waals surface area contributed by atoms with E-state index in [2.05, 4.69) is 25.3 Å². The van der Waals surface area contributed by atoms with Crippen LogP contribution < -0.4 is 20.1 Å². The number of nitrogens with one attached hydrogen (secondary N) is 2. The second-order valence-electron chi connectivity index (χ2n) is 5.75. The number of benzene rings is 1. The Kier molecular flexibility index (Phi) is 12.3. The lowest BCUT2D eigenvalue weighted by molar-refractivity contribution is -0.0498. The van der Waals surface area contributed by atoms with Gasteiger partial charge < -0.3 is 25.2 Å². The Labute approximate surface area is 195 Å². The Morgan fingerprint density at radius 1 is 1.23 bits per heavy atom. The number of aliphatic imine (C=N–C) groups is 1. The number of aliphatic hydroxyl groups excluding tert-OH is 1. The largest absolute Gasteiger partial charge is 0.475 e. The summed E-state index contributed by atoms with van der Waals surface area (Å²) >= 11 is 5.98. The van der Waals surface area contributed by atoms with Gasteiger partial charge in [-0.1, -0.05) is 23.7 Å². The fourth-order valence-electron chi connectivity index (χ4n) is 2.29. The van der Waals surface area contributed by atoms with Gasteiger partial charge in [0.1, 0.15) is 17.4 Å². The van der Waals surface area contributed by atoms with Crippen molar-refractivity contribution in [1.82, 2.24) is 15.6 Å². The third-order valence-corrected chi connectivity index (χ3v) is 3.90. The third-order valence-electron chi connectivity index (χ3n) is 3.61. The summed E-state index contributed by atoms with van der Waals surface area (Å²) in [5, 5.41) is 16.8. The zero-order chi connectivity index (χ0) is 21.1. The Bertz CT molecular complexity index is 785. The predicted octanol–water partition coefficient (Wildman–Crippen LogP) is 3.62. The second kappa shape index (κ2) is 14.1. The number of halogens is 4. The maximum absolute atomic E-state index is 12.2. The number of alkyl halides is 2. The zero-order valence-corrected chi connectivity index (χ0v) is 19.3. The van der Waals surface area contributed by atoms with E-state index in [1.165, 1.54) is 24.3 Å². The molecule has 0 amide bonds. The molecule has 1 atom stereocenters. The van der Waals surface area contributed by atoms with Crippen molar-refractivity contribution in [2.75, 3.05) is 26.2 Å². The van der Waals surface area contributed by atoms with Gasteiger partial charge in [-0.3, -0.25) is 4.99 Å². The topological polar surface area (TPSA) is 88.0 Å². The van der Waals surface area contributed by atoms with Crippen molar-refractivity contribution in [3.63, 3.8) is 0 Å². The van der Waals surface area contributed by atoms with Crippen molar-refractivity contribution >= 4 is 41.5 Å². The van der Waals surface area contributed by atoms with Crippen LogP contribution in [-0.4, -0.2) is 48.9 Å². The predicted molar refractivity (Wildman–Crippen MR) is 122 cm³/mol. The molecule has 0 aliphatic rings. The molecule has 1 unspecified atom stereocenters. The van der Waals surface area contributed by atoms with E-state index in [9.17, 15) is 13.9 Å². The number of hydrogen-bond donors (Lipinski definition) is 3. The molecule has 0 spiro atoms. The first-order valence-electron chi connectivity index (χ1n) is 8.98. The highest BCUT2D eigenvalue weighted by molar-refractivity contribution is 14.0. The van der Waals surface area contributed by atoms with Gasteiger partial charge in [0, 0.05) is 12.7 Å². The first-order valence-corrected chi connectivity index (χ1v) is 9.35. The lowest BCUT2D eigenvalue weighted by atomic mass is 10.1. The highest BCUT2D eigenvalue weighted by Gasteiger charge is 2.10. The number of aliphatic hydroxyl groups is 1. The smallest absolute Gasteiger partial charge is 0.387 e. The zero-order valence-electron chi connectivity index (χ0n) is 16.2. The molecule has 0 radical (unpaired) electrons. The third kappa shape index (κ3) is 9.26. The molecule has 7 nitrogen and oxygen atoms in total. The van der Waals surface area contributed by atoms with Gasteiger partial charge in [-0.25, -0.2) is 4.98 Å². The number of nitrogens with zero attached hydrogens (tertiary/aromatic N) is 2. The van der Waals surface area contributed by atoms with Gasteiger partial charge in [-0.2, -0.15) is 8.78 Å². The lowest BCUT2D eigenvalue weighted by Crippen LogP contribution is -2.39. The van der Waals surface area contributed by atoms with Crippen LogP contribution in [-0.2, 0) is 0 Å². The van der Waals surface area contributed by atoms with Crippen molar-refractivity contribution in [3.8, 4) is 11.6 Å². The van der Waals surface area contributed by atoms with Crippen molar-refractivity contribution in [3.05, 3.63) is 53.2 Å². The van der Waals surface area contributed by atoms with Crippen molar-refractivity contribution in [1.29, 1.82) is 0 Å². The Morgan fingerprint density at radius 2 is 1.97 bits per heavy atom. The number of ether oxygens (including phenoxy) is 2. The molecule has 30 heavy (non-hydrogen) atoms. The highest BCUT2D eigenvalue weighted by atomic mass is 127. The molecule has 0 aliphatic carbocycles. The molecule has 1 aromatic heterocycles. The van der Waals surface area contributed by atoms with E-state index in [1.807, 2.05) is 6.92 Å². The molecule has 0 saturated carbocycles. The molecule has 2 rings (SSSR count). The molecule has 1 aromatic carbocycles. The van der Waals surface area contributed by atoms with Gasteiger partial charge in [0.25, 0.3) is 0 Å². The minimum Gasteiger partial charge on any atom is -0.475 e. The van der Waals surface area contributed by atoms with Crippen molar-refractivity contribution in [2.24, 2.45) is 4.99 Å². The Balaban J connectivity index is 0.00000450. The number of hydrogen-bond acceptors (Lipinski definition) is 5. The molecule has 0 saturated heterocycles. The van der Waals surface area contributed by atoms with Crippen molar-refractivity contribution < 1.29 is 23.4 Å². The number of pyridine rings is 1. The first-order chi connectivity index (χ1) is 14.0. The van der Waals surface area contributed by atoms with Crippen LogP contribution in [0, 0.1) is 0 Å². The quantitative estimate of drug-likeness (QED) is 0.179. The van der Waals surface area contributed by atoms with Gasteiger partial charge in [-0.05, 0) is 36.8 Å². The van der Waals surface area contributed by atoms with E-state index >= 15 is 0 Å². The molecule has 11 heteroatoms. The van der Waals surface area contributed by atoms with E-state index in [0.29, 0.717) is 42.1 Å². The molecule has 0 fully saturated rings. The lowest BCUT2D eigenvalue weighted by Gasteiger charge is -2.14. The van der Waals surface area contributed by atoms with Gasteiger partial charge in [0.05, 0.1) is 19.2 Å². The Hall–Kier alpha value is -1.92. The summed E-state index contributed by atoms with van der Waals surface area (Å²) in [6, 6.07) is 9.19. The van der Waals surface area contributed by atoms with Gasteiger partial charge in [-0.15, -0.1) is 24.0 Å². The SMILES string of the molecule is CCNC(=NCC(O)c1ccc(OC(F)F)cc1)NCCOc1ncccc1Cl.I. The van der Waals surface area contributed by atoms with Crippen LogP contribution in [0.3, 0.4) is 0 Å². The van der Waals surface area contributed by atoms with E-state index in [1.54, 1.807) is 18.3 Å². The van der Waals surface area contributed by atoms with Crippen LogP contribution in [0.15, 0.2) is 47.6 Å². The molecular formula is C19H24ClF2IN4O3. The summed E-state index contributed by atoms with van der Waals surface area (Å²) < 4.78 is 34.1. The van der Waals surface area contributed by atoms with Crippen molar-refractivity contribution in [2.45, 2.75) is 19.6 Å². The fourth-order valence-corrected chi connectivity index (χ4v) is 2.47. The normalized spacial score (nSPS) is 12.1. The van der Waals surface area contributed by atoms with Gasteiger partial charge >= 0.3 is 6.61 Å². The van der Waals surface area contributed by atoms with E-state index in [-0.39, 0.29) is 36.3 Å². The second-order valence-corrected chi connectivity index (χ2v) is 6.16. The average Bonchev–Trinajstić information content (AvgIpc) is 2.70. The van der Waals surface area contributed by atoms with Crippen LogP contribution >= 0.6 is 35.6 Å². The van der Waals surface area contributed by atoms with Gasteiger partial charge in [0.15, 0.2) is 5.96 Å². The van der Waals surface area contributed by atoms with Crippen LogP contribution in [0.2, 0.25) is 5.02 Å². The molecule has 0 aliphatic heterocycles. The maximum atomic E-state index is 12.2. The number of aromatic nitrogens is 1. The molecule has 166 valence electrons. The summed E-state index contributed by atoms with van der Waals surface area (Å²) in [5.74, 6) is 0.884. The molecule has 1 heterocycles. The van der Waals surface area contributed by atoms with Crippen LogP contribution in [0.25, 0.3) is 0 Å².